The smallest absolute Gasteiger partial charge is 0.236 e. The molecular weight excluding hydrogens is 312 g/mol. The van der Waals surface area contributed by atoms with Gasteiger partial charge in [-0.25, -0.2) is 0 Å². The van der Waals surface area contributed by atoms with Crippen LogP contribution in [0.25, 0.3) is 0 Å². The number of carbonyl (C=O) groups is 1. The third kappa shape index (κ3) is 4.28. The summed E-state index contributed by atoms with van der Waals surface area (Å²) in [5, 5.41) is 10.6. The summed E-state index contributed by atoms with van der Waals surface area (Å²) in [6, 6.07) is 0. The van der Waals surface area contributed by atoms with Crippen LogP contribution < -0.4 is 0 Å². The number of ether oxygens (including phenoxy) is 1. The van der Waals surface area contributed by atoms with Crippen molar-refractivity contribution in [1.82, 2.24) is 20.0 Å². The van der Waals surface area contributed by atoms with Gasteiger partial charge in [0.1, 0.15) is 10.0 Å². The van der Waals surface area contributed by atoms with E-state index >= 15 is 0 Å². The Morgan fingerprint density at radius 1 is 1.22 bits per heavy atom. The van der Waals surface area contributed by atoms with Crippen molar-refractivity contribution in [3.8, 4) is 0 Å². The second-order valence-electron chi connectivity index (χ2n) is 6.77. The summed E-state index contributed by atoms with van der Waals surface area (Å²) in [4.78, 5) is 16.8. The average Bonchev–Trinajstić information content (AvgIpc) is 2.93. The van der Waals surface area contributed by atoms with Crippen molar-refractivity contribution in [1.29, 1.82) is 0 Å². The Bertz CT molecular complexity index is 532. The first-order valence-electron chi connectivity index (χ1n) is 8.47. The van der Waals surface area contributed by atoms with Crippen LogP contribution >= 0.6 is 11.3 Å². The Morgan fingerprint density at radius 3 is 2.43 bits per heavy atom. The van der Waals surface area contributed by atoms with E-state index in [0.29, 0.717) is 25.6 Å². The van der Waals surface area contributed by atoms with E-state index in [0.717, 1.165) is 35.9 Å². The van der Waals surface area contributed by atoms with Crippen molar-refractivity contribution >= 4 is 17.2 Å². The van der Waals surface area contributed by atoms with Crippen LogP contribution in [0.15, 0.2) is 0 Å². The molecule has 0 N–H and O–H groups in total. The van der Waals surface area contributed by atoms with Gasteiger partial charge in [-0.3, -0.25) is 9.69 Å². The Labute approximate surface area is 141 Å². The fourth-order valence-electron chi connectivity index (χ4n) is 3.49. The van der Waals surface area contributed by atoms with Crippen molar-refractivity contribution in [2.24, 2.45) is 0 Å². The lowest BCUT2D eigenvalue weighted by atomic mass is 9.97. The van der Waals surface area contributed by atoms with Gasteiger partial charge in [0.2, 0.25) is 5.91 Å². The van der Waals surface area contributed by atoms with E-state index in [1.807, 2.05) is 25.7 Å². The summed E-state index contributed by atoms with van der Waals surface area (Å²) < 4.78 is 5.70. The van der Waals surface area contributed by atoms with Gasteiger partial charge in [0.05, 0.1) is 18.8 Å². The Morgan fingerprint density at radius 2 is 1.87 bits per heavy atom. The minimum absolute atomic E-state index is 0.133. The molecule has 2 aliphatic heterocycles. The summed E-state index contributed by atoms with van der Waals surface area (Å²) in [6.07, 6.45) is 2.40. The molecule has 0 saturated carbocycles. The van der Waals surface area contributed by atoms with Crippen LogP contribution in [0.5, 0.6) is 0 Å². The predicted octanol–water partition coefficient (Wildman–Crippen LogP) is 1.66. The van der Waals surface area contributed by atoms with Gasteiger partial charge in [0, 0.05) is 19.0 Å². The quantitative estimate of drug-likeness (QED) is 0.839. The lowest BCUT2D eigenvalue weighted by Gasteiger charge is -2.37. The Kier molecular flexibility index (Phi) is 5.28. The van der Waals surface area contributed by atoms with E-state index < -0.39 is 0 Å². The van der Waals surface area contributed by atoms with Gasteiger partial charge in [0.25, 0.3) is 0 Å². The normalized spacial score (nSPS) is 27.3. The standard InChI is InChI=1S/C16H26N4O2S/c1-11-8-20(9-12(2)22-11)15(21)10-19-6-4-14(5-7-19)16-18-17-13(3)23-16/h11-12,14H,4-10H2,1-3H3/t11-,12+. The van der Waals surface area contributed by atoms with E-state index in [2.05, 4.69) is 15.1 Å². The highest BCUT2D eigenvalue weighted by molar-refractivity contribution is 7.11. The lowest BCUT2D eigenvalue weighted by molar-refractivity contribution is -0.144. The zero-order valence-electron chi connectivity index (χ0n) is 14.2. The molecule has 2 aliphatic rings. The highest BCUT2D eigenvalue weighted by atomic mass is 32.1. The number of rotatable bonds is 3. The van der Waals surface area contributed by atoms with Crippen LogP contribution in [0.3, 0.4) is 0 Å². The monoisotopic (exact) mass is 338 g/mol. The summed E-state index contributed by atoms with van der Waals surface area (Å²) >= 11 is 1.70. The molecule has 1 amide bonds. The maximum absolute atomic E-state index is 12.5. The van der Waals surface area contributed by atoms with Crippen LogP contribution in [0.1, 0.15) is 42.6 Å². The molecule has 0 bridgehead atoms. The zero-order chi connectivity index (χ0) is 16.4. The second kappa shape index (κ2) is 7.23. The van der Waals surface area contributed by atoms with Crippen LogP contribution in [-0.4, -0.2) is 70.8 Å². The molecule has 3 rings (SSSR count). The number of hydrogen-bond donors (Lipinski definition) is 0. The van der Waals surface area contributed by atoms with Gasteiger partial charge < -0.3 is 9.64 Å². The Balaban J connectivity index is 1.47. The molecule has 2 atom stereocenters. The molecule has 1 aromatic heterocycles. The topological polar surface area (TPSA) is 58.6 Å². The number of likely N-dealkylation sites (tertiary alicyclic amines) is 1. The fourth-order valence-corrected chi connectivity index (χ4v) is 4.36. The maximum Gasteiger partial charge on any atom is 0.236 e. The number of morpholine rings is 1. The van der Waals surface area contributed by atoms with Crippen molar-refractivity contribution in [3.05, 3.63) is 10.0 Å². The predicted molar refractivity (Wildman–Crippen MR) is 89.7 cm³/mol. The number of carbonyl (C=O) groups excluding carboxylic acids is 1. The summed E-state index contributed by atoms with van der Waals surface area (Å²) in [5.41, 5.74) is 0. The molecule has 23 heavy (non-hydrogen) atoms. The molecule has 0 aliphatic carbocycles. The minimum Gasteiger partial charge on any atom is -0.372 e. The zero-order valence-corrected chi connectivity index (χ0v) is 15.0. The van der Waals surface area contributed by atoms with Gasteiger partial charge in [0.15, 0.2) is 0 Å². The molecule has 0 aromatic carbocycles. The molecule has 0 unspecified atom stereocenters. The van der Waals surface area contributed by atoms with Crippen molar-refractivity contribution in [3.63, 3.8) is 0 Å². The molecule has 7 heteroatoms. The first kappa shape index (κ1) is 16.8. The maximum atomic E-state index is 12.5. The molecule has 2 saturated heterocycles. The van der Waals surface area contributed by atoms with Crippen LogP contribution in [0.4, 0.5) is 0 Å². The van der Waals surface area contributed by atoms with Crippen molar-refractivity contribution in [2.75, 3.05) is 32.7 Å². The van der Waals surface area contributed by atoms with Gasteiger partial charge in [-0.15, -0.1) is 21.5 Å². The molecule has 2 fully saturated rings. The highest BCUT2D eigenvalue weighted by Crippen LogP contribution is 2.29. The van der Waals surface area contributed by atoms with E-state index in [1.54, 1.807) is 11.3 Å². The van der Waals surface area contributed by atoms with E-state index in [-0.39, 0.29) is 18.1 Å². The number of amides is 1. The molecular formula is C16H26N4O2S. The molecule has 1 aromatic rings. The number of hydrogen-bond acceptors (Lipinski definition) is 6. The van der Waals surface area contributed by atoms with E-state index in [9.17, 15) is 4.79 Å². The summed E-state index contributed by atoms with van der Waals surface area (Å²) in [5.74, 6) is 0.744. The third-order valence-corrected chi connectivity index (χ3v) is 5.61. The van der Waals surface area contributed by atoms with E-state index in [4.69, 9.17) is 4.74 Å². The lowest BCUT2D eigenvalue weighted by Crippen LogP contribution is -2.51. The van der Waals surface area contributed by atoms with Gasteiger partial charge >= 0.3 is 0 Å². The molecule has 0 spiro atoms. The molecule has 3 heterocycles. The highest BCUT2D eigenvalue weighted by Gasteiger charge is 2.29. The van der Waals surface area contributed by atoms with Crippen LogP contribution in [0.2, 0.25) is 0 Å². The van der Waals surface area contributed by atoms with Gasteiger partial charge in [-0.1, -0.05) is 0 Å². The fraction of sp³-hybridized carbons (Fsp3) is 0.812. The molecule has 128 valence electrons. The number of aromatic nitrogens is 2. The van der Waals surface area contributed by atoms with Crippen LogP contribution in [-0.2, 0) is 9.53 Å². The Hall–Kier alpha value is -1.05. The van der Waals surface area contributed by atoms with Crippen LogP contribution in [0, 0.1) is 6.92 Å². The largest absolute Gasteiger partial charge is 0.372 e. The second-order valence-corrected chi connectivity index (χ2v) is 7.98. The van der Waals surface area contributed by atoms with Crippen molar-refractivity contribution < 1.29 is 9.53 Å². The third-order valence-electron chi connectivity index (χ3n) is 4.61. The minimum atomic E-state index is 0.133. The van der Waals surface area contributed by atoms with Gasteiger partial charge in [-0.2, -0.15) is 0 Å². The van der Waals surface area contributed by atoms with Gasteiger partial charge in [-0.05, 0) is 46.7 Å². The van der Waals surface area contributed by atoms with Crippen molar-refractivity contribution in [2.45, 2.75) is 51.7 Å². The first-order valence-corrected chi connectivity index (χ1v) is 9.28. The first-order chi connectivity index (χ1) is 11.0. The summed E-state index contributed by atoms with van der Waals surface area (Å²) in [6.45, 7) is 9.94. The number of nitrogens with zero attached hydrogens (tertiary/aromatic N) is 4. The number of piperidine rings is 1. The molecule has 6 nitrogen and oxygen atoms in total. The molecule has 0 radical (unpaired) electrons. The van der Waals surface area contributed by atoms with E-state index in [1.165, 1.54) is 0 Å². The number of aryl methyl sites for hydroxylation is 1. The summed E-state index contributed by atoms with van der Waals surface area (Å²) in [7, 11) is 0. The SMILES string of the molecule is Cc1nnc(C2CCN(CC(=O)N3C[C@@H](C)O[C@@H](C)C3)CC2)s1. The average molecular weight is 338 g/mol.